The third-order valence-electron chi connectivity index (χ3n) is 6.94. The minimum Gasteiger partial charge on any atom is -0.352 e. The first-order valence-corrected chi connectivity index (χ1v) is 16.4. The van der Waals surface area contributed by atoms with E-state index in [9.17, 15) is 18.0 Å². The average molecular weight is 653 g/mol. The van der Waals surface area contributed by atoms with Crippen molar-refractivity contribution < 1.29 is 18.0 Å². The Morgan fingerprint density at radius 1 is 0.795 bits per heavy atom. The Morgan fingerprint density at radius 2 is 1.41 bits per heavy atom. The van der Waals surface area contributed by atoms with Gasteiger partial charge in [-0.1, -0.05) is 77.8 Å². The average Bonchev–Trinajstić information content (AvgIpc) is 2.98. The fourth-order valence-corrected chi connectivity index (χ4v) is 6.42. The number of anilines is 1. The molecule has 0 aliphatic heterocycles. The molecule has 0 aromatic heterocycles. The van der Waals surface area contributed by atoms with Crippen LogP contribution in [-0.2, 0) is 32.6 Å². The van der Waals surface area contributed by atoms with Crippen LogP contribution in [0.25, 0.3) is 0 Å². The molecule has 230 valence electrons. The zero-order chi connectivity index (χ0) is 31.9. The van der Waals surface area contributed by atoms with Gasteiger partial charge in [0.2, 0.25) is 11.8 Å². The Hall–Kier alpha value is -3.85. The quantitative estimate of drug-likeness (QED) is 0.186. The summed E-state index contributed by atoms with van der Waals surface area (Å²) in [6.07, 6.45) is 0.229. The topological polar surface area (TPSA) is 86.8 Å². The van der Waals surface area contributed by atoms with Crippen LogP contribution in [0.3, 0.4) is 0 Å². The standard InChI is InChI=1S/C34H35Cl2N3O4S/c1-24(2)37-34(41)32(21-26-9-5-4-6-10-26)38(22-27-12-14-28(35)15-13-27)33(40)23-39(30-11-7-8-25(3)20-30)44(42,43)31-18-16-29(36)17-19-31/h4-20,24,32H,21-23H2,1-3H3,(H,37,41)/t32-/m1/s1. The van der Waals surface area contributed by atoms with Crippen LogP contribution in [0.4, 0.5) is 5.69 Å². The summed E-state index contributed by atoms with van der Waals surface area (Å²) in [4.78, 5) is 29.6. The van der Waals surface area contributed by atoms with Crippen molar-refractivity contribution in [3.63, 3.8) is 0 Å². The Morgan fingerprint density at radius 3 is 2.00 bits per heavy atom. The summed E-state index contributed by atoms with van der Waals surface area (Å²) in [5.41, 5.74) is 2.74. The van der Waals surface area contributed by atoms with Crippen LogP contribution < -0.4 is 9.62 Å². The summed E-state index contributed by atoms with van der Waals surface area (Å²) in [7, 11) is -4.21. The SMILES string of the molecule is Cc1cccc(N(CC(=O)N(Cc2ccc(Cl)cc2)[C@H](Cc2ccccc2)C(=O)NC(C)C)S(=O)(=O)c2ccc(Cl)cc2)c1. The van der Waals surface area contributed by atoms with E-state index in [-0.39, 0.29) is 29.8 Å². The van der Waals surface area contributed by atoms with E-state index in [1.807, 2.05) is 57.2 Å². The van der Waals surface area contributed by atoms with Crippen molar-refractivity contribution in [3.8, 4) is 0 Å². The largest absolute Gasteiger partial charge is 0.352 e. The molecule has 0 aliphatic carbocycles. The molecule has 7 nitrogen and oxygen atoms in total. The predicted octanol–water partition coefficient (Wildman–Crippen LogP) is 6.66. The van der Waals surface area contributed by atoms with Gasteiger partial charge in [0.15, 0.2) is 0 Å². The summed E-state index contributed by atoms with van der Waals surface area (Å²) in [6, 6.07) is 28.0. The van der Waals surface area contributed by atoms with Crippen LogP contribution in [-0.4, -0.2) is 43.8 Å². The number of carbonyl (C=O) groups is 2. The van der Waals surface area contributed by atoms with Gasteiger partial charge in [-0.3, -0.25) is 13.9 Å². The van der Waals surface area contributed by atoms with Crippen LogP contribution in [0.1, 0.15) is 30.5 Å². The number of nitrogens with one attached hydrogen (secondary N) is 1. The lowest BCUT2D eigenvalue weighted by atomic mass is 10.0. The summed E-state index contributed by atoms with van der Waals surface area (Å²) in [6.45, 7) is 5.06. The molecular weight excluding hydrogens is 617 g/mol. The van der Waals surface area contributed by atoms with Crippen molar-refractivity contribution in [2.24, 2.45) is 0 Å². The van der Waals surface area contributed by atoms with Crippen molar-refractivity contribution >= 4 is 50.7 Å². The van der Waals surface area contributed by atoms with E-state index >= 15 is 0 Å². The monoisotopic (exact) mass is 651 g/mol. The van der Waals surface area contributed by atoms with Gasteiger partial charge in [0.05, 0.1) is 10.6 Å². The van der Waals surface area contributed by atoms with Gasteiger partial charge < -0.3 is 10.2 Å². The Kier molecular flexibility index (Phi) is 11.1. The van der Waals surface area contributed by atoms with Crippen LogP contribution in [0.5, 0.6) is 0 Å². The minimum atomic E-state index is -4.21. The van der Waals surface area contributed by atoms with Crippen LogP contribution in [0.2, 0.25) is 10.0 Å². The third-order valence-corrected chi connectivity index (χ3v) is 9.23. The summed E-state index contributed by atoms with van der Waals surface area (Å²) >= 11 is 12.2. The zero-order valence-corrected chi connectivity index (χ0v) is 27.1. The van der Waals surface area contributed by atoms with E-state index < -0.39 is 28.5 Å². The van der Waals surface area contributed by atoms with Gasteiger partial charge in [-0.25, -0.2) is 8.42 Å². The molecule has 1 N–H and O–H groups in total. The molecule has 44 heavy (non-hydrogen) atoms. The number of amides is 2. The number of nitrogens with zero attached hydrogens (tertiary/aromatic N) is 2. The minimum absolute atomic E-state index is 0.0150. The molecule has 4 aromatic carbocycles. The number of hydrogen-bond donors (Lipinski definition) is 1. The molecule has 0 bridgehead atoms. The lowest BCUT2D eigenvalue weighted by Gasteiger charge is -2.34. The second-order valence-electron chi connectivity index (χ2n) is 10.8. The Labute approximate surface area is 269 Å². The smallest absolute Gasteiger partial charge is 0.264 e. The van der Waals surface area contributed by atoms with Crippen molar-refractivity contribution in [3.05, 3.63) is 130 Å². The molecule has 0 aliphatic rings. The first kappa shape index (κ1) is 33.1. The highest BCUT2D eigenvalue weighted by Crippen LogP contribution is 2.27. The molecule has 10 heteroatoms. The molecule has 0 radical (unpaired) electrons. The van der Waals surface area contributed by atoms with Crippen molar-refractivity contribution in [2.75, 3.05) is 10.8 Å². The first-order chi connectivity index (χ1) is 20.9. The molecule has 0 unspecified atom stereocenters. The van der Waals surface area contributed by atoms with Gasteiger partial charge in [0.1, 0.15) is 12.6 Å². The van der Waals surface area contributed by atoms with Gasteiger partial charge in [0.25, 0.3) is 10.0 Å². The fraction of sp³-hybridized carbons (Fsp3) is 0.235. The maximum Gasteiger partial charge on any atom is 0.264 e. The molecule has 0 fully saturated rings. The molecule has 0 saturated carbocycles. The van der Waals surface area contributed by atoms with E-state index in [1.165, 1.54) is 29.2 Å². The maximum absolute atomic E-state index is 14.4. The number of carbonyl (C=O) groups excluding carboxylic acids is 2. The molecule has 1 atom stereocenters. The van der Waals surface area contributed by atoms with Gasteiger partial charge in [-0.15, -0.1) is 0 Å². The van der Waals surface area contributed by atoms with E-state index in [0.717, 1.165) is 21.0 Å². The lowest BCUT2D eigenvalue weighted by Crippen LogP contribution is -2.54. The number of hydrogen-bond acceptors (Lipinski definition) is 4. The molecule has 0 spiro atoms. The van der Waals surface area contributed by atoms with Gasteiger partial charge in [0, 0.05) is 29.1 Å². The molecule has 2 amide bonds. The molecule has 0 heterocycles. The van der Waals surface area contributed by atoms with Crippen molar-refractivity contribution in [2.45, 2.75) is 50.7 Å². The second kappa shape index (κ2) is 14.8. The van der Waals surface area contributed by atoms with E-state index in [0.29, 0.717) is 15.7 Å². The molecular formula is C34H35Cl2N3O4S. The van der Waals surface area contributed by atoms with E-state index in [1.54, 1.807) is 42.5 Å². The molecule has 0 saturated heterocycles. The normalized spacial score (nSPS) is 12.0. The number of rotatable bonds is 12. The van der Waals surface area contributed by atoms with E-state index in [2.05, 4.69) is 5.32 Å². The predicted molar refractivity (Wildman–Crippen MR) is 176 cm³/mol. The summed E-state index contributed by atoms with van der Waals surface area (Å²) in [5, 5.41) is 3.87. The third kappa shape index (κ3) is 8.62. The number of sulfonamides is 1. The lowest BCUT2D eigenvalue weighted by molar-refractivity contribution is -0.140. The van der Waals surface area contributed by atoms with Crippen LogP contribution in [0.15, 0.2) is 108 Å². The van der Waals surface area contributed by atoms with Gasteiger partial charge >= 0.3 is 0 Å². The highest BCUT2D eigenvalue weighted by atomic mass is 35.5. The zero-order valence-electron chi connectivity index (χ0n) is 24.8. The second-order valence-corrected chi connectivity index (χ2v) is 13.6. The summed E-state index contributed by atoms with van der Waals surface area (Å²) < 4.78 is 29.2. The van der Waals surface area contributed by atoms with E-state index in [4.69, 9.17) is 23.2 Å². The summed E-state index contributed by atoms with van der Waals surface area (Å²) in [5.74, 6) is -0.882. The highest BCUT2D eigenvalue weighted by molar-refractivity contribution is 7.92. The Bertz CT molecular complexity index is 1680. The van der Waals surface area contributed by atoms with Crippen LogP contribution >= 0.6 is 23.2 Å². The molecule has 4 rings (SSSR count). The van der Waals surface area contributed by atoms with Crippen LogP contribution in [0, 0.1) is 6.92 Å². The van der Waals surface area contributed by atoms with Gasteiger partial charge in [-0.05, 0) is 86.0 Å². The molecule has 4 aromatic rings. The van der Waals surface area contributed by atoms with Crippen molar-refractivity contribution in [1.29, 1.82) is 0 Å². The maximum atomic E-state index is 14.4. The van der Waals surface area contributed by atoms with Gasteiger partial charge in [-0.2, -0.15) is 0 Å². The number of aryl methyl sites for hydroxylation is 1. The van der Waals surface area contributed by atoms with Crippen molar-refractivity contribution in [1.82, 2.24) is 10.2 Å². The Balaban J connectivity index is 1.80. The number of halogens is 2. The first-order valence-electron chi connectivity index (χ1n) is 14.2. The number of benzene rings is 4. The fourth-order valence-electron chi connectivity index (χ4n) is 4.77. The highest BCUT2D eigenvalue weighted by Gasteiger charge is 2.34.